The number of hydrogen-bond donors (Lipinski definition) is 3. The number of nitrogens with one attached hydrogen (secondary N) is 2. The molecule has 2 aliphatic heterocycles. The molecule has 3 N–H and O–H groups in total. The fourth-order valence-corrected chi connectivity index (χ4v) is 2.04. The van der Waals surface area contributed by atoms with Crippen molar-refractivity contribution >= 4 is 12.0 Å². The van der Waals surface area contributed by atoms with Crippen LogP contribution in [0.15, 0.2) is 0 Å². The van der Waals surface area contributed by atoms with Crippen molar-refractivity contribution in [1.82, 2.24) is 15.5 Å². The molecule has 0 radical (unpaired) electrons. The first-order valence-electron chi connectivity index (χ1n) is 5.73. The van der Waals surface area contributed by atoms with Crippen LogP contribution in [0.3, 0.4) is 0 Å². The SMILES string of the molecule is O=C(NC1(C(=O)O)CCOC1)N1CCNCC1. The highest BCUT2D eigenvalue weighted by Gasteiger charge is 2.44. The molecule has 2 amide bonds. The lowest BCUT2D eigenvalue weighted by Gasteiger charge is -2.31. The van der Waals surface area contributed by atoms with Gasteiger partial charge < -0.3 is 25.4 Å². The third-order valence-electron chi connectivity index (χ3n) is 3.18. The lowest BCUT2D eigenvalue weighted by atomic mass is 9.99. The second-order valence-electron chi connectivity index (χ2n) is 4.36. The Labute approximate surface area is 99.1 Å². The number of carboxylic acids is 1. The van der Waals surface area contributed by atoms with Crippen molar-refractivity contribution in [3.8, 4) is 0 Å². The van der Waals surface area contributed by atoms with Gasteiger partial charge in [-0.15, -0.1) is 0 Å². The average Bonchev–Trinajstić information content (AvgIpc) is 2.80. The van der Waals surface area contributed by atoms with E-state index in [2.05, 4.69) is 10.6 Å². The van der Waals surface area contributed by atoms with Crippen molar-refractivity contribution in [3.63, 3.8) is 0 Å². The molecule has 2 fully saturated rings. The maximum atomic E-state index is 11.9. The van der Waals surface area contributed by atoms with Gasteiger partial charge >= 0.3 is 12.0 Å². The molecule has 0 spiro atoms. The summed E-state index contributed by atoms with van der Waals surface area (Å²) >= 11 is 0. The zero-order valence-corrected chi connectivity index (χ0v) is 9.57. The standard InChI is InChI=1S/C10H17N3O4/c14-8(15)10(1-6-17-7-10)12-9(16)13-4-2-11-3-5-13/h11H,1-7H2,(H,12,16)(H,14,15). The number of hydrogen-bond acceptors (Lipinski definition) is 4. The van der Waals surface area contributed by atoms with Crippen molar-refractivity contribution in [1.29, 1.82) is 0 Å². The van der Waals surface area contributed by atoms with E-state index in [-0.39, 0.29) is 12.6 Å². The number of aliphatic carboxylic acids is 1. The number of piperazine rings is 1. The normalized spacial score (nSPS) is 29.1. The highest BCUT2D eigenvalue weighted by atomic mass is 16.5. The van der Waals surface area contributed by atoms with Crippen molar-refractivity contribution in [2.24, 2.45) is 0 Å². The van der Waals surface area contributed by atoms with E-state index >= 15 is 0 Å². The Morgan fingerprint density at radius 1 is 1.35 bits per heavy atom. The molecule has 2 heterocycles. The Morgan fingerprint density at radius 2 is 2.06 bits per heavy atom. The van der Waals surface area contributed by atoms with Gasteiger partial charge in [-0.05, 0) is 0 Å². The summed E-state index contributed by atoms with van der Waals surface area (Å²) in [6, 6.07) is -0.320. The van der Waals surface area contributed by atoms with Gasteiger partial charge in [0.15, 0.2) is 5.54 Å². The molecule has 2 aliphatic rings. The smallest absolute Gasteiger partial charge is 0.332 e. The van der Waals surface area contributed by atoms with Crippen LogP contribution in [0.25, 0.3) is 0 Å². The van der Waals surface area contributed by atoms with E-state index in [4.69, 9.17) is 4.74 Å². The molecule has 96 valence electrons. The number of carboxylic acid groups (broad SMARTS) is 1. The summed E-state index contributed by atoms with van der Waals surface area (Å²) in [5.41, 5.74) is -1.25. The summed E-state index contributed by atoms with van der Waals surface area (Å²) in [6.45, 7) is 3.09. The lowest BCUT2D eigenvalue weighted by molar-refractivity contribution is -0.144. The predicted octanol–water partition coefficient (Wildman–Crippen LogP) is -1.16. The Bertz CT molecular complexity index is 309. The topological polar surface area (TPSA) is 90.9 Å². The highest BCUT2D eigenvalue weighted by Crippen LogP contribution is 2.19. The summed E-state index contributed by atoms with van der Waals surface area (Å²) in [7, 11) is 0. The van der Waals surface area contributed by atoms with Crippen molar-refractivity contribution in [3.05, 3.63) is 0 Å². The van der Waals surface area contributed by atoms with Crippen LogP contribution < -0.4 is 10.6 Å². The average molecular weight is 243 g/mol. The number of amides is 2. The molecule has 0 aliphatic carbocycles. The van der Waals surface area contributed by atoms with E-state index in [1.807, 2.05) is 0 Å². The third kappa shape index (κ3) is 2.50. The molecule has 0 aromatic carbocycles. The minimum Gasteiger partial charge on any atom is -0.479 e. The molecule has 0 saturated carbocycles. The first-order chi connectivity index (χ1) is 8.14. The molecular formula is C10H17N3O4. The van der Waals surface area contributed by atoms with Crippen LogP contribution in [0.4, 0.5) is 4.79 Å². The van der Waals surface area contributed by atoms with Crippen molar-refractivity contribution in [2.45, 2.75) is 12.0 Å². The zero-order chi connectivity index (χ0) is 12.3. The molecule has 1 atom stereocenters. The Kier molecular flexibility index (Phi) is 3.49. The Balaban J connectivity index is 1.98. The molecule has 0 aromatic heterocycles. The van der Waals surface area contributed by atoms with Crippen LogP contribution in [-0.4, -0.2) is 66.9 Å². The maximum Gasteiger partial charge on any atom is 0.332 e. The van der Waals surface area contributed by atoms with Crippen LogP contribution in [0.2, 0.25) is 0 Å². The van der Waals surface area contributed by atoms with Crippen molar-refractivity contribution in [2.75, 3.05) is 39.4 Å². The molecule has 1 unspecified atom stereocenters. The van der Waals surface area contributed by atoms with Crippen molar-refractivity contribution < 1.29 is 19.4 Å². The van der Waals surface area contributed by atoms with E-state index in [0.29, 0.717) is 26.1 Å². The lowest BCUT2D eigenvalue weighted by Crippen LogP contribution is -2.60. The molecular weight excluding hydrogens is 226 g/mol. The van der Waals surface area contributed by atoms with Crippen LogP contribution in [0, 0.1) is 0 Å². The van der Waals surface area contributed by atoms with Gasteiger partial charge in [-0.1, -0.05) is 0 Å². The number of carbonyl (C=O) groups excluding carboxylic acids is 1. The summed E-state index contributed by atoms with van der Waals surface area (Å²) in [5, 5.41) is 14.9. The van der Waals surface area contributed by atoms with Gasteiger partial charge in [0, 0.05) is 39.2 Å². The van der Waals surface area contributed by atoms with Gasteiger partial charge in [0.2, 0.25) is 0 Å². The quantitative estimate of drug-likeness (QED) is 0.569. The monoisotopic (exact) mass is 243 g/mol. The summed E-state index contributed by atoms with van der Waals surface area (Å²) < 4.78 is 5.08. The predicted molar refractivity (Wildman–Crippen MR) is 58.8 cm³/mol. The fraction of sp³-hybridized carbons (Fsp3) is 0.800. The molecule has 17 heavy (non-hydrogen) atoms. The molecule has 7 nitrogen and oxygen atoms in total. The van der Waals surface area contributed by atoms with Crippen LogP contribution in [0.5, 0.6) is 0 Å². The number of carbonyl (C=O) groups is 2. The summed E-state index contributed by atoms with van der Waals surface area (Å²) in [5.74, 6) is -1.03. The molecule has 2 rings (SSSR count). The van der Waals surface area contributed by atoms with E-state index in [0.717, 1.165) is 13.1 Å². The third-order valence-corrected chi connectivity index (χ3v) is 3.18. The van der Waals surface area contributed by atoms with Gasteiger partial charge in [-0.25, -0.2) is 9.59 Å². The minimum atomic E-state index is -1.25. The zero-order valence-electron chi connectivity index (χ0n) is 9.57. The highest BCUT2D eigenvalue weighted by molar-refractivity contribution is 5.86. The first kappa shape index (κ1) is 12.1. The summed E-state index contributed by atoms with van der Waals surface area (Å²) in [4.78, 5) is 24.8. The minimum absolute atomic E-state index is 0.0418. The van der Waals surface area contributed by atoms with E-state index in [1.54, 1.807) is 4.90 Å². The van der Waals surface area contributed by atoms with Crippen LogP contribution >= 0.6 is 0 Å². The molecule has 2 saturated heterocycles. The number of rotatable bonds is 2. The van der Waals surface area contributed by atoms with E-state index in [1.165, 1.54) is 0 Å². The van der Waals surface area contributed by atoms with Gasteiger partial charge in [0.05, 0.1) is 6.61 Å². The van der Waals surface area contributed by atoms with Crippen LogP contribution in [0.1, 0.15) is 6.42 Å². The van der Waals surface area contributed by atoms with Gasteiger partial charge in [0.1, 0.15) is 0 Å². The molecule has 0 bridgehead atoms. The van der Waals surface area contributed by atoms with Gasteiger partial charge in [0.25, 0.3) is 0 Å². The van der Waals surface area contributed by atoms with E-state index in [9.17, 15) is 14.7 Å². The Hall–Kier alpha value is -1.34. The number of ether oxygens (including phenoxy) is 1. The second kappa shape index (κ2) is 4.89. The van der Waals surface area contributed by atoms with E-state index < -0.39 is 11.5 Å². The first-order valence-corrected chi connectivity index (χ1v) is 5.73. The van der Waals surface area contributed by atoms with Gasteiger partial charge in [-0.2, -0.15) is 0 Å². The Morgan fingerprint density at radius 3 is 2.59 bits per heavy atom. The van der Waals surface area contributed by atoms with Crippen LogP contribution in [-0.2, 0) is 9.53 Å². The second-order valence-corrected chi connectivity index (χ2v) is 4.36. The summed E-state index contributed by atoms with van der Waals surface area (Å²) in [6.07, 6.45) is 0.320. The fourth-order valence-electron chi connectivity index (χ4n) is 2.04. The number of nitrogens with zero attached hydrogens (tertiary/aromatic N) is 1. The largest absolute Gasteiger partial charge is 0.479 e. The maximum absolute atomic E-state index is 11.9. The number of urea groups is 1. The molecule has 7 heteroatoms. The molecule has 0 aromatic rings. The van der Waals surface area contributed by atoms with Gasteiger partial charge in [-0.3, -0.25) is 0 Å².